The molecule has 2 atom stereocenters. The highest BCUT2D eigenvalue weighted by Gasteiger charge is 2.12. The Hall–Kier alpha value is -1.58. The molecule has 114 valence electrons. The number of hydrogen-bond donors (Lipinski definition) is 2. The van der Waals surface area contributed by atoms with Crippen LogP contribution in [0.3, 0.4) is 0 Å². The number of hydrogen-bond acceptors (Lipinski definition) is 3. The zero-order valence-electron chi connectivity index (χ0n) is 13.1. The van der Waals surface area contributed by atoms with E-state index in [4.69, 9.17) is 9.84 Å². The van der Waals surface area contributed by atoms with Crippen molar-refractivity contribution in [2.75, 3.05) is 20.3 Å². The fourth-order valence-corrected chi connectivity index (χ4v) is 2.66. The molecule has 0 bridgehead atoms. The summed E-state index contributed by atoms with van der Waals surface area (Å²) in [6, 6.07) is 12.8. The van der Waals surface area contributed by atoms with Gasteiger partial charge in [-0.15, -0.1) is 0 Å². The average Bonchev–Trinajstić information content (AvgIpc) is 2.51. The van der Waals surface area contributed by atoms with Gasteiger partial charge in [-0.25, -0.2) is 0 Å². The van der Waals surface area contributed by atoms with Crippen molar-refractivity contribution in [3.63, 3.8) is 0 Å². The van der Waals surface area contributed by atoms with Gasteiger partial charge < -0.3 is 15.2 Å². The largest absolute Gasteiger partial charge is 0.496 e. The third-order valence-corrected chi connectivity index (χ3v) is 4.00. The summed E-state index contributed by atoms with van der Waals surface area (Å²) < 4.78 is 5.44. The number of fused-ring (bicyclic) bond motifs is 1. The molecule has 0 radical (unpaired) electrons. The Morgan fingerprint density at radius 3 is 2.48 bits per heavy atom. The van der Waals surface area contributed by atoms with Crippen LogP contribution in [0, 0.1) is 5.92 Å². The van der Waals surface area contributed by atoms with E-state index < -0.39 is 0 Å². The number of ether oxygens (including phenoxy) is 1. The molecule has 0 fully saturated rings. The standard InChI is InChI=1S/C18H25NO2/c1-13(10-11-20)12-19-14(2)15-8-9-18(21-3)17-7-5-4-6-16(15)17/h4-9,13-14,19-20H,10-12H2,1-3H3. The fourth-order valence-electron chi connectivity index (χ4n) is 2.66. The molecule has 0 aromatic heterocycles. The monoisotopic (exact) mass is 287 g/mol. The van der Waals surface area contributed by atoms with Gasteiger partial charge >= 0.3 is 0 Å². The summed E-state index contributed by atoms with van der Waals surface area (Å²) in [5.41, 5.74) is 1.28. The van der Waals surface area contributed by atoms with Gasteiger partial charge in [-0.05, 0) is 42.8 Å². The van der Waals surface area contributed by atoms with Crippen LogP contribution in [0.2, 0.25) is 0 Å². The Labute approximate surface area is 126 Å². The van der Waals surface area contributed by atoms with E-state index in [2.05, 4.69) is 43.4 Å². The van der Waals surface area contributed by atoms with E-state index in [1.54, 1.807) is 7.11 Å². The summed E-state index contributed by atoms with van der Waals surface area (Å²) in [5.74, 6) is 1.39. The molecule has 2 unspecified atom stereocenters. The highest BCUT2D eigenvalue weighted by molar-refractivity contribution is 5.91. The summed E-state index contributed by atoms with van der Waals surface area (Å²) in [7, 11) is 1.71. The molecule has 2 aromatic carbocycles. The third kappa shape index (κ3) is 3.74. The average molecular weight is 287 g/mol. The van der Waals surface area contributed by atoms with Crippen molar-refractivity contribution < 1.29 is 9.84 Å². The first-order valence-corrected chi connectivity index (χ1v) is 7.57. The van der Waals surface area contributed by atoms with Gasteiger partial charge in [-0.1, -0.05) is 37.3 Å². The Kier molecular flexibility index (Phi) is 5.59. The smallest absolute Gasteiger partial charge is 0.126 e. The van der Waals surface area contributed by atoms with E-state index in [-0.39, 0.29) is 12.6 Å². The van der Waals surface area contributed by atoms with Crippen molar-refractivity contribution in [1.82, 2.24) is 5.32 Å². The van der Waals surface area contributed by atoms with Gasteiger partial charge in [0.25, 0.3) is 0 Å². The minimum Gasteiger partial charge on any atom is -0.496 e. The molecule has 2 rings (SSSR count). The zero-order chi connectivity index (χ0) is 15.2. The summed E-state index contributed by atoms with van der Waals surface area (Å²) in [4.78, 5) is 0. The molecule has 0 aliphatic carbocycles. The van der Waals surface area contributed by atoms with Gasteiger partial charge in [0.05, 0.1) is 7.11 Å². The van der Waals surface area contributed by atoms with Crippen LogP contribution in [0.15, 0.2) is 36.4 Å². The Morgan fingerprint density at radius 2 is 1.81 bits per heavy atom. The maximum atomic E-state index is 8.98. The lowest BCUT2D eigenvalue weighted by molar-refractivity contribution is 0.258. The van der Waals surface area contributed by atoms with Gasteiger partial charge in [-0.2, -0.15) is 0 Å². The first-order chi connectivity index (χ1) is 10.2. The SMILES string of the molecule is COc1ccc(C(C)NCC(C)CCO)c2ccccc12. The molecular formula is C18H25NO2. The van der Waals surface area contributed by atoms with Crippen molar-refractivity contribution in [2.45, 2.75) is 26.3 Å². The highest BCUT2D eigenvalue weighted by atomic mass is 16.5. The van der Waals surface area contributed by atoms with Crippen molar-refractivity contribution >= 4 is 10.8 Å². The van der Waals surface area contributed by atoms with E-state index in [9.17, 15) is 0 Å². The van der Waals surface area contributed by atoms with Crippen molar-refractivity contribution in [2.24, 2.45) is 5.92 Å². The van der Waals surface area contributed by atoms with E-state index in [0.717, 1.165) is 24.1 Å². The lowest BCUT2D eigenvalue weighted by atomic mass is 9.98. The molecule has 2 aromatic rings. The second kappa shape index (κ2) is 7.43. The first-order valence-electron chi connectivity index (χ1n) is 7.57. The molecule has 3 heteroatoms. The molecular weight excluding hydrogens is 262 g/mol. The molecule has 2 N–H and O–H groups in total. The minimum absolute atomic E-state index is 0.253. The van der Waals surface area contributed by atoms with Crippen LogP contribution in [0.1, 0.15) is 31.9 Å². The van der Waals surface area contributed by atoms with E-state index >= 15 is 0 Å². The Balaban J connectivity index is 2.21. The summed E-state index contributed by atoms with van der Waals surface area (Å²) >= 11 is 0. The molecule has 0 aliphatic heterocycles. The molecule has 0 amide bonds. The first kappa shape index (κ1) is 15.8. The summed E-state index contributed by atoms with van der Waals surface area (Å²) in [5, 5.41) is 14.9. The van der Waals surface area contributed by atoms with Gasteiger partial charge in [-0.3, -0.25) is 0 Å². The predicted molar refractivity (Wildman–Crippen MR) is 87.8 cm³/mol. The second-order valence-electron chi connectivity index (χ2n) is 5.65. The van der Waals surface area contributed by atoms with Crippen LogP contribution in [0.4, 0.5) is 0 Å². The van der Waals surface area contributed by atoms with Gasteiger partial charge in [0.1, 0.15) is 5.75 Å². The van der Waals surface area contributed by atoms with E-state index in [0.29, 0.717) is 5.92 Å². The topological polar surface area (TPSA) is 41.5 Å². The van der Waals surface area contributed by atoms with Crippen molar-refractivity contribution in [3.05, 3.63) is 42.0 Å². The molecule has 0 spiro atoms. The van der Waals surface area contributed by atoms with Crippen molar-refractivity contribution in [1.29, 1.82) is 0 Å². The normalized spacial score (nSPS) is 14.1. The molecule has 0 saturated heterocycles. The number of nitrogens with one attached hydrogen (secondary N) is 1. The number of benzene rings is 2. The maximum absolute atomic E-state index is 8.98. The number of aliphatic hydroxyl groups is 1. The lowest BCUT2D eigenvalue weighted by Crippen LogP contribution is -2.25. The van der Waals surface area contributed by atoms with Crippen LogP contribution >= 0.6 is 0 Å². The Bertz CT molecular complexity index is 582. The van der Waals surface area contributed by atoms with Crippen molar-refractivity contribution in [3.8, 4) is 5.75 Å². The van der Waals surface area contributed by atoms with Gasteiger partial charge in [0.15, 0.2) is 0 Å². The molecule has 0 aliphatic rings. The maximum Gasteiger partial charge on any atom is 0.126 e. The van der Waals surface area contributed by atoms with Crippen LogP contribution < -0.4 is 10.1 Å². The van der Waals surface area contributed by atoms with Crippen LogP contribution in [-0.2, 0) is 0 Å². The van der Waals surface area contributed by atoms with Gasteiger partial charge in [0.2, 0.25) is 0 Å². The highest BCUT2D eigenvalue weighted by Crippen LogP contribution is 2.31. The summed E-state index contributed by atoms with van der Waals surface area (Å²) in [6.45, 7) is 5.49. The molecule has 21 heavy (non-hydrogen) atoms. The lowest BCUT2D eigenvalue weighted by Gasteiger charge is -2.20. The number of methoxy groups -OCH3 is 1. The number of aliphatic hydroxyl groups excluding tert-OH is 1. The van der Waals surface area contributed by atoms with Crippen LogP contribution in [0.5, 0.6) is 5.75 Å². The quantitative estimate of drug-likeness (QED) is 0.818. The minimum atomic E-state index is 0.253. The Morgan fingerprint density at radius 1 is 1.10 bits per heavy atom. The zero-order valence-corrected chi connectivity index (χ0v) is 13.1. The van der Waals surface area contributed by atoms with E-state index in [1.807, 2.05) is 12.1 Å². The van der Waals surface area contributed by atoms with E-state index in [1.165, 1.54) is 10.9 Å². The van der Waals surface area contributed by atoms with Gasteiger partial charge in [0, 0.05) is 18.0 Å². The van der Waals surface area contributed by atoms with Crippen LogP contribution in [-0.4, -0.2) is 25.4 Å². The second-order valence-corrected chi connectivity index (χ2v) is 5.65. The predicted octanol–water partition coefficient (Wildman–Crippen LogP) is 3.52. The number of rotatable bonds is 7. The fraction of sp³-hybridized carbons (Fsp3) is 0.444. The molecule has 3 nitrogen and oxygen atoms in total. The molecule has 0 heterocycles. The molecule has 0 saturated carbocycles. The third-order valence-electron chi connectivity index (χ3n) is 4.00. The summed E-state index contributed by atoms with van der Waals surface area (Å²) in [6.07, 6.45) is 0.836. The van der Waals surface area contributed by atoms with Crippen LogP contribution in [0.25, 0.3) is 10.8 Å².